The molecule has 0 bridgehead atoms. The molecule has 1 aliphatic heterocycles. The molecule has 3 heteroatoms. The van der Waals surface area contributed by atoms with Crippen LogP contribution in [0.2, 0.25) is 0 Å². The summed E-state index contributed by atoms with van der Waals surface area (Å²) in [6.07, 6.45) is 4.32. The number of nitrogens with zero attached hydrogens (tertiary/aromatic N) is 2. The van der Waals surface area contributed by atoms with E-state index >= 15 is 0 Å². The number of hydrogen-bond acceptors (Lipinski definition) is 3. The highest BCUT2D eigenvalue weighted by Gasteiger charge is 2.40. The van der Waals surface area contributed by atoms with E-state index < -0.39 is 0 Å². The van der Waals surface area contributed by atoms with Crippen LogP contribution in [-0.4, -0.2) is 62.7 Å². The molecule has 1 saturated carbocycles. The van der Waals surface area contributed by atoms with Gasteiger partial charge in [0.25, 0.3) is 0 Å². The molecule has 0 radical (unpaired) electrons. The van der Waals surface area contributed by atoms with Crippen molar-refractivity contribution in [2.45, 2.75) is 39.2 Å². The lowest BCUT2D eigenvalue weighted by Gasteiger charge is -2.49. The number of hydrogen-bond donors (Lipinski definition) is 1. The van der Waals surface area contributed by atoms with Crippen molar-refractivity contribution in [3.05, 3.63) is 0 Å². The zero-order valence-corrected chi connectivity index (χ0v) is 12.7. The molecule has 1 atom stereocenters. The van der Waals surface area contributed by atoms with Crippen LogP contribution in [0.5, 0.6) is 0 Å². The number of rotatable bonds is 5. The summed E-state index contributed by atoms with van der Waals surface area (Å²) in [5.41, 5.74) is 0.395. The van der Waals surface area contributed by atoms with Gasteiger partial charge in [0, 0.05) is 38.8 Å². The molecule has 2 fully saturated rings. The topological polar surface area (TPSA) is 18.5 Å². The second-order valence-electron chi connectivity index (χ2n) is 7.11. The first-order chi connectivity index (χ1) is 8.50. The Kier molecular flexibility index (Phi) is 4.68. The normalized spacial score (nSPS) is 25.2. The maximum Gasteiger partial charge on any atom is 0.0181 e. The lowest BCUT2D eigenvalue weighted by atomic mass is 9.68. The van der Waals surface area contributed by atoms with E-state index in [1.807, 2.05) is 0 Å². The summed E-state index contributed by atoms with van der Waals surface area (Å²) in [5, 5.41) is 3.45. The van der Waals surface area contributed by atoms with E-state index in [1.165, 1.54) is 38.9 Å². The highest BCUT2D eigenvalue weighted by molar-refractivity contribution is 4.94. The molecule has 0 aromatic carbocycles. The van der Waals surface area contributed by atoms with Crippen LogP contribution in [0, 0.1) is 11.3 Å². The van der Waals surface area contributed by atoms with Crippen LogP contribution in [0.15, 0.2) is 0 Å². The number of nitrogens with one attached hydrogen (secondary N) is 1. The fourth-order valence-corrected chi connectivity index (χ4v) is 4.05. The van der Waals surface area contributed by atoms with Crippen LogP contribution >= 0.6 is 0 Å². The van der Waals surface area contributed by atoms with Gasteiger partial charge in [0.1, 0.15) is 0 Å². The average Bonchev–Trinajstić information content (AvgIpc) is 2.23. The highest BCUT2D eigenvalue weighted by Crippen LogP contribution is 2.40. The maximum atomic E-state index is 3.45. The minimum Gasteiger partial charge on any atom is -0.314 e. The fraction of sp³-hybridized carbons (Fsp3) is 1.00. The molecule has 1 saturated heterocycles. The van der Waals surface area contributed by atoms with Crippen molar-refractivity contribution in [3.8, 4) is 0 Å². The van der Waals surface area contributed by atoms with Gasteiger partial charge in [-0.25, -0.2) is 0 Å². The van der Waals surface area contributed by atoms with E-state index in [-0.39, 0.29) is 0 Å². The summed E-state index contributed by atoms with van der Waals surface area (Å²) in [6, 6.07) is 0.737. The Morgan fingerprint density at radius 3 is 2.28 bits per heavy atom. The zero-order chi connectivity index (χ0) is 13.2. The molecule has 1 heterocycles. The standard InChI is InChI=1S/C15H31N3/c1-15(2,12-18-10-8-16-9-11-18)14(17(3)4)13-6-5-7-13/h13-14,16H,5-12H2,1-4H3. The van der Waals surface area contributed by atoms with Crippen LogP contribution in [-0.2, 0) is 0 Å². The zero-order valence-electron chi connectivity index (χ0n) is 12.7. The molecular formula is C15H31N3. The first kappa shape index (κ1) is 14.3. The van der Waals surface area contributed by atoms with Crippen LogP contribution in [0.1, 0.15) is 33.1 Å². The van der Waals surface area contributed by atoms with E-state index in [9.17, 15) is 0 Å². The minimum atomic E-state index is 0.395. The molecule has 1 unspecified atom stereocenters. The lowest BCUT2D eigenvalue weighted by Crippen LogP contribution is -2.55. The summed E-state index contributed by atoms with van der Waals surface area (Å²) >= 11 is 0. The first-order valence-electron chi connectivity index (χ1n) is 7.60. The highest BCUT2D eigenvalue weighted by atomic mass is 15.2. The second-order valence-corrected chi connectivity index (χ2v) is 7.11. The Bertz CT molecular complexity index is 252. The summed E-state index contributed by atoms with van der Waals surface area (Å²) in [6.45, 7) is 10.9. The summed E-state index contributed by atoms with van der Waals surface area (Å²) in [7, 11) is 4.53. The SMILES string of the molecule is CN(C)C(C1CCC1)C(C)(C)CN1CCNCC1. The molecule has 1 aliphatic carbocycles. The average molecular weight is 253 g/mol. The Morgan fingerprint density at radius 2 is 1.83 bits per heavy atom. The van der Waals surface area contributed by atoms with Crippen molar-refractivity contribution in [1.29, 1.82) is 0 Å². The monoisotopic (exact) mass is 253 g/mol. The maximum absolute atomic E-state index is 3.45. The second kappa shape index (κ2) is 5.89. The van der Waals surface area contributed by atoms with Crippen molar-refractivity contribution >= 4 is 0 Å². The molecule has 18 heavy (non-hydrogen) atoms. The number of piperazine rings is 1. The van der Waals surface area contributed by atoms with Crippen molar-refractivity contribution < 1.29 is 0 Å². The third kappa shape index (κ3) is 3.25. The van der Waals surface area contributed by atoms with E-state index in [1.54, 1.807) is 0 Å². The Morgan fingerprint density at radius 1 is 1.22 bits per heavy atom. The summed E-state index contributed by atoms with van der Waals surface area (Å²) in [5.74, 6) is 0.929. The molecular weight excluding hydrogens is 222 g/mol. The smallest absolute Gasteiger partial charge is 0.0181 e. The Labute approximate surface area is 113 Å². The molecule has 2 rings (SSSR count). The molecule has 2 aliphatic rings. The summed E-state index contributed by atoms with van der Waals surface area (Å²) in [4.78, 5) is 5.12. The molecule has 0 amide bonds. The van der Waals surface area contributed by atoms with Crippen molar-refractivity contribution in [2.24, 2.45) is 11.3 Å². The van der Waals surface area contributed by atoms with Gasteiger partial charge in [-0.15, -0.1) is 0 Å². The van der Waals surface area contributed by atoms with Gasteiger partial charge in [0.2, 0.25) is 0 Å². The van der Waals surface area contributed by atoms with Gasteiger partial charge >= 0.3 is 0 Å². The quantitative estimate of drug-likeness (QED) is 0.804. The molecule has 3 nitrogen and oxygen atoms in total. The fourth-order valence-electron chi connectivity index (χ4n) is 4.05. The van der Waals surface area contributed by atoms with Crippen LogP contribution in [0.4, 0.5) is 0 Å². The predicted molar refractivity (Wildman–Crippen MR) is 77.9 cm³/mol. The van der Waals surface area contributed by atoms with Crippen molar-refractivity contribution in [1.82, 2.24) is 15.1 Å². The van der Waals surface area contributed by atoms with Gasteiger partial charge in [-0.3, -0.25) is 0 Å². The van der Waals surface area contributed by atoms with Crippen LogP contribution < -0.4 is 5.32 Å². The molecule has 0 spiro atoms. The molecule has 0 aromatic rings. The lowest BCUT2D eigenvalue weighted by molar-refractivity contribution is 0.0152. The van der Waals surface area contributed by atoms with Gasteiger partial charge in [-0.1, -0.05) is 20.3 Å². The van der Waals surface area contributed by atoms with Gasteiger partial charge in [-0.05, 0) is 38.3 Å². The molecule has 0 aromatic heterocycles. The third-order valence-electron chi connectivity index (χ3n) is 4.79. The van der Waals surface area contributed by atoms with Gasteiger partial charge in [-0.2, -0.15) is 0 Å². The van der Waals surface area contributed by atoms with E-state index in [0.717, 1.165) is 25.0 Å². The summed E-state index contributed by atoms with van der Waals surface area (Å²) < 4.78 is 0. The largest absolute Gasteiger partial charge is 0.314 e. The van der Waals surface area contributed by atoms with E-state index in [4.69, 9.17) is 0 Å². The van der Waals surface area contributed by atoms with E-state index in [2.05, 4.69) is 43.1 Å². The predicted octanol–water partition coefficient (Wildman–Crippen LogP) is 1.65. The van der Waals surface area contributed by atoms with Gasteiger partial charge in [0.05, 0.1) is 0 Å². The Hall–Kier alpha value is -0.120. The molecule has 1 N–H and O–H groups in total. The van der Waals surface area contributed by atoms with Crippen molar-refractivity contribution in [3.63, 3.8) is 0 Å². The van der Waals surface area contributed by atoms with E-state index in [0.29, 0.717) is 5.41 Å². The van der Waals surface area contributed by atoms with Crippen molar-refractivity contribution in [2.75, 3.05) is 46.8 Å². The minimum absolute atomic E-state index is 0.395. The first-order valence-corrected chi connectivity index (χ1v) is 7.60. The third-order valence-corrected chi connectivity index (χ3v) is 4.79. The van der Waals surface area contributed by atoms with Crippen LogP contribution in [0.25, 0.3) is 0 Å². The van der Waals surface area contributed by atoms with Gasteiger partial charge in [0.15, 0.2) is 0 Å². The van der Waals surface area contributed by atoms with Crippen LogP contribution in [0.3, 0.4) is 0 Å². The molecule has 106 valence electrons. The Balaban J connectivity index is 1.96. The van der Waals surface area contributed by atoms with Gasteiger partial charge < -0.3 is 15.1 Å².